The second-order valence-corrected chi connectivity index (χ2v) is 9.09. The van der Waals surface area contributed by atoms with Crippen molar-refractivity contribution in [1.29, 1.82) is 0 Å². The van der Waals surface area contributed by atoms with Gasteiger partial charge in [-0.2, -0.15) is 0 Å². The molecule has 6 aromatic rings. The van der Waals surface area contributed by atoms with E-state index in [4.69, 9.17) is 23.4 Å². The number of furan rings is 1. The maximum atomic E-state index is 6.25. The fourth-order valence-electron chi connectivity index (χ4n) is 4.00. The molecule has 0 N–H and O–H groups in total. The van der Waals surface area contributed by atoms with Crippen LogP contribution in [0.15, 0.2) is 71.5 Å². The van der Waals surface area contributed by atoms with Crippen LogP contribution in [0.1, 0.15) is 5.56 Å². The molecular formula is C27H22N4O5S. The van der Waals surface area contributed by atoms with Crippen LogP contribution in [-0.4, -0.2) is 40.9 Å². The first kappa shape index (κ1) is 22.9. The van der Waals surface area contributed by atoms with Crippen LogP contribution >= 0.6 is 11.3 Å². The minimum atomic E-state index is 0.323. The molecule has 0 atom stereocenters. The number of imidazole rings is 1. The summed E-state index contributed by atoms with van der Waals surface area (Å²) in [6.07, 6.45) is 5.43. The maximum absolute atomic E-state index is 6.25. The number of fused-ring (bicyclic) bond motifs is 2. The Labute approximate surface area is 215 Å². The third-order valence-electron chi connectivity index (χ3n) is 5.87. The van der Waals surface area contributed by atoms with E-state index in [1.54, 1.807) is 38.2 Å². The number of methoxy groups -OCH3 is 3. The molecule has 2 aromatic carbocycles. The lowest BCUT2D eigenvalue weighted by atomic mass is 10.1. The Morgan fingerprint density at radius 1 is 0.892 bits per heavy atom. The topological polar surface area (TPSA) is 93.1 Å². The molecule has 4 heterocycles. The van der Waals surface area contributed by atoms with Crippen molar-refractivity contribution in [3.05, 3.63) is 72.7 Å². The second-order valence-electron chi connectivity index (χ2n) is 8.17. The molecule has 0 fully saturated rings. The van der Waals surface area contributed by atoms with Gasteiger partial charge in [0, 0.05) is 35.7 Å². The highest BCUT2D eigenvalue weighted by atomic mass is 32.1. The molecule has 0 saturated carbocycles. The van der Waals surface area contributed by atoms with Crippen molar-refractivity contribution in [2.24, 2.45) is 0 Å². The van der Waals surface area contributed by atoms with E-state index in [0.717, 1.165) is 27.8 Å². The van der Waals surface area contributed by atoms with Crippen molar-refractivity contribution in [2.75, 3.05) is 21.3 Å². The summed E-state index contributed by atoms with van der Waals surface area (Å²) < 4.78 is 30.0. The summed E-state index contributed by atoms with van der Waals surface area (Å²) in [5, 5.41) is 5.69. The summed E-state index contributed by atoms with van der Waals surface area (Å²) in [7, 11) is 4.85. The lowest BCUT2D eigenvalue weighted by molar-refractivity contribution is 0.307. The van der Waals surface area contributed by atoms with Crippen LogP contribution in [0.2, 0.25) is 0 Å². The molecule has 0 bridgehead atoms. The molecule has 37 heavy (non-hydrogen) atoms. The van der Waals surface area contributed by atoms with Crippen LogP contribution in [0.3, 0.4) is 0 Å². The SMILES string of the molecule is COc1ccc(-c2cncc(COc3cc(OC)cc4oc(-c5cn6nc(OC)sc6n5)cc34)c2)cc1. The summed E-state index contributed by atoms with van der Waals surface area (Å²) in [6, 6.07) is 15.5. The molecule has 0 radical (unpaired) electrons. The number of ether oxygens (including phenoxy) is 4. The summed E-state index contributed by atoms with van der Waals surface area (Å²) in [5.41, 5.74) is 4.28. The Bertz CT molecular complexity index is 1670. The standard InChI is InChI=1S/C27H22N4O5S/c1-32-19-6-4-17(5-7-19)18-8-16(12-28-13-18)15-35-23-9-20(33-2)10-24-21(23)11-25(36-24)22-14-31-26(29-22)37-27(30-31)34-3/h4-14H,15H2,1-3H3. The van der Waals surface area contributed by atoms with E-state index in [1.165, 1.54) is 11.3 Å². The zero-order chi connectivity index (χ0) is 25.4. The maximum Gasteiger partial charge on any atom is 0.294 e. The van der Waals surface area contributed by atoms with Crippen LogP contribution in [0, 0.1) is 0 Å². The fraction of sp³-hybridized carbons (Fsp3) is 0.148. The Balaban J connectivity index is 1.28. The van der Waals surface area contributed by atoms with Gasteiger partial charge in [-0.3, -0.25) is 4.98 Å². The molecule has 10 heteroatoms. The summed E-state index contributed by atoms with van der Waals surface area (Å²) in [5.74, 6) is 2.68. The van der Waals surface area contributed by atoms with E-state index in [2.05, 4.69) is 21.1 Å². The zero-order valence-electron chi connectivity index (χ0n) is 20.3. The van der Waals surface area contributed by atoms with Crippen LogP contribution in [0.5, 0.6) is 22.4 Å². The van der Waals surface area contributed by atoms with Crippen molar-refractivity contribution in [2.45, 2.75) is 6.61 Å². The van der Waals surface area contributed by atoms with Gasteiger partial charge in [-0.25, -0.2) is 9.50 Å². The van der Waals surface area contributed by atoms with Gasteiger partial charge < -0.3 is 23.4 Å². The number of benzene rings is 2. The van der Waals surface area contributed by atoms with E-state index >= 15 is 0 Å². The van der Waals surface area contributed by atoms with E-state index in [9.17, 15) is 0 Å². The van der Waals surface area contributed by atoms with Crippen LogP contribution in [0.4, 0.5) is 0 Å². The molecule has 4 aromatic heterocycles. The Morgan fingerprint density at radius 2 is 1.73 bits per heavy atom. The molecule has 0 saturated heterocycles. The third-order valence-corrected chi connectivity index (χ3v) is 6.76. The molecule has 0 aliphatic carbocycles. The minimum absolute atomic E-state index is 0.323. The van der Waals surface area contributed by atoms with Crippen molar-refractivity contribution in [1.82, 2.24) is 19.6 Å². The number of pyridine rings is 1. The predicted molar refractivity (Wildman–Crippen MR) is 140 cm³/mol. The van der Waals surface area contributed by atoms with Gasteiger partial charge in [-0.1, -0.05) is 12.1 Å². The second kappa shape index (κ2) is 9.47. The van der Waals surface area contributed by atoms with Gasteiger partial charge >= 0.3 is 0 Å². The number of nitrogens with zero attached hydrogens (tertiary/aromatic N) is 4. The lowest BCUT2D eigenvalue weighted by Gasteiger charge is -2.10. The molecule has 6 rings (SSSR count). The highest BCUT2D eigenvalue weighted by Gasteiger charge is 2.17. The predicted octanol–water partition coefficient (Wildman–Crippen LogP) is 5.87. The van der Waals surface area contributed by atoms with Crippen molar-refractivity contribution in [3.63, 3.8) is 0 Å². The highest BCUT2D eigenvalue weighted by Crippen LogP contribution is 2.37. The molecule has 0 spiro atoms. The average molecular weight is 515 g/mol. The third kappa shape index (κ3) is 4.43. The first-order valence-corrected chi connectivity index (χ1v) is 12.2. The van der Waals surface area contributed by atoms with Gasteiger partial charge in [0.05, 0.1) is 32.9 Å². The molecule has 186 valence electrons. The van der Waals surface area contributed by atoms with E-state index < -0.39 is 0 Å². The van der Waals surface area contributed by atoms with Crippen molar-refractivity contribution >= 4 is 27.3 Å². The zero-order valence-corrected chi connectivity index (χ0v) is 21.1. The normalized spacial score (nSPS) is 11.2. The highest BCUT2D eigenvalue weighted by molar-refractivity contribution is 7.18. The average Bonchev–Trinajstić information content (AvgIpc) is 3.65. The summed E-state index contributed by atoms with van der Waals surface area (Å²) >= 11 is 1.36. The number of rotatable bonds is 8. The molecule has 0 aliphatic rings. The van der Waals surface area contributed by atoms with E-state index in [1.807, 2.05) is 48.7 Å². The van der Waals surface area contributed by atoms with Gasteiger partial charge in [-0.05, 0) is 41.2 Å². The van der Waals surface area contributed by atoms with Crippen molar-refractivity contribution in [3.8, 4) is 45.0 Å². The first-order valence-electron chi connectivity index (χ1n) is 11.4. The number of hydrogen-bond acceptors (Lipinski definition) is 9. The Morgan fingerprint density at radius 3 is 2.49 bits per heavy atom. The molecule has 0 unspecified atom stereocenters. The van der Waals surface area contributed by atoms with Crippen LogP contribution in [0.25, 0.3) is 38.5 Å². The summed E-state index contributed by atoms with van der Waals surface area (Å²) in [6.45, 7) is 0.323. The molecule has 0 aliphatic heterocycles. The van der Waals surface area contributed by atoms with E-state index in [-0.39, 0.29) is 0 Å². The van der Waals surface area contributed by atoms with Gasteiger partial charge in [0.25, 0.3) is 5.19 Å². The fourth-order valence-corrected chi connectivity index (χ4v) is 4.70. The lowest BCUT2D eigenvalue weighted by Crippen LogP contribution is -1.97. The Hall–Kier alpha value is -4.57. The van der Waals surface area contributed by atoms with Gasteiger partial charge in [-0.15, -0.1) is 5.10 Å². The number of aromatic nitrogens is 4. The summed E-state index contributed by atoms with van der Waals surface area (Å²) in [4.78, 5) is 9.74. The van der Waals surface area contributed by atoms with Crippen LogP contribution in [-0.2, 0) is 6.61 Å². The van der Waals surface area contributed by atoms with Gasteiger partial charge in [0.1, 0.15) is 35.1 Å². The monoisotopic (exact) mass is 514 g/mol. The Kier molecular flexibility index (Phi) is 5.85. The quantitative estimate of drug-likeness (QED) is 0.249. The first-order chi connectivity index (χ1) is 18.1. The molecule has 0 amide bonds. The molecular weight excluding hydrogens is 492 g/mol. The smallest absolute Gasteiger partial charge is 0.294 e. The molecule has 9 nitrogen and oxygen atoms in total. The number of hydrogen-bond donors (Lipinski definition) is 0. The minimum Gasteiger partial charge on any atom is -0.497 e. The van der Waals surface area contributed by atoms with E-state index in [0.29, 0.717) is 45.3 Å². The van der Waals surface area contributed by atoms with Crippen LogP contribution < -0.4 is 18.9 Å². The van der Waals surface area contributed by atoms with Gasteiger partial charge in [0.2, 0.25) is 4.96 Å². The van der Waals surface area contributed by atoms with Crippen molar-refractivity contribution < 1.29 is 23.4 Å². The van der Waals surface area contributed by atoms with Gasteiger partial charge in [0.15, 0.2) is 5.76 Å². The largest absolute Gasteiger partial charge is 0.497 e.